The summed E-state index contributed by atoms with van der Waals surface area (Å²) in [5.41, 5.74) is 4.64. The second-order valence-corrected chi connectivity index (χ2v) is 6.27. The average Bonchev–Trinajstić information content (AvgIpc) is 3.35. The molecule has 0 aliphatic carbocycles. The van der Waals surface area contributed by atoms with Crippen molar-refractivity contribution in [2.45, 2.75) is 13.8 Å². The second-order valence-electron chi connectivity index (χ2n) is 6.27. The first-order valence-corrected chi connectivity index (χ1v) is 9.01. The molecule has 140 valence electrons. The third-order valence-electron chi connectivity index (χ3n) is 4.40. The lowest BCUT2D eigenvalue weighted by Gasteiger charge is -2.05. The Morgan fingerprint density at radius 2 is 1.96 bits per heavy atom. The summed E-state index contributed by atoms with van der Waals surface area (Å²) in [7, 11) is 0. The van der Waals surface area contributed by atoms with Crippen LogP contribution >= 0.6 is 0 Å². The van der Waals surface area contributed by atoms with Gasteiger partial charge in [0.15, 0.2) is 0 Å². The highest BCUT2D eigenvalue weighted by atomic mass is 16.5. The molecular formula is C22H19N3O3. The first kappa shape index (κ1) is 17.7. The Hall–Kier alpha value is -3.67. The number of carbonyl (C=O) groups is 1. The number of nitrogens with zero attached hydrogens (tertiary/aromatic N) is 3. The van der Waals surface area contributed by atoms with E-state index < -0.39 is 0 Å². The third-order valence-corrected chi connectivity index (χ3v) is 4.40. The molecule has 0 bridgehead atoms. The molecule has 2 heterocycles. The Balaban J connectivity index is 1.71. The summed E-state index contributed by atoms with van der Waals surface area (Å²) in [5, 5.41) is 4.22. The van der Waals surface area contributed by atoms with Gasteiger partial charge in [-0.15, -0.1) is 0 Å². The zero-order valence-electron chi connectivity index (χ0n) is 15.6. The van der Waals surface area contributed by atoms with Crippen molar-refractivity contribution in [2.24, 2.45) is 0 Å². The highest BCUT2D eigenvalue weighted by Gasteiger charge is 2.19. The van der Waals surface area contributed by atoms with Crippen LogP contribution in [-0.2, 0) is 4.74 Å². The van der Waals surface area contributed by atoms with E-state index in [9.17, 15) is 4.79 Å². The molecule has 4 rings (SSSR count). The van der Waals surface area contributed by atoms with Crippen LogP contribution < -0.4 is 0 Å². The van der Waals surface area contributed by atoms with Gasteiger partial charge in [-0.25, -0.2) is 9.78 Å². The molecule has 0 aliphatic heterocycles. The van der Waals surface area contributed by atoms with Gasteiger partial charge in [0.25, 0.3) is 0 Å². The van der Waals surface area contributed by atoms with E-state index >= 15 is 0 Å². The molecule has 0 N–H and O–H groups in total. The van der Waals surface area contributed by atoms with Gasteiger partial charge in [-0.2, -0.15) is 0 Å². The summed E-state index contributed by atoms with van der Waals surface area (Å²) in [6.45, 7) is 4.00. The SMILES string of the molecule is CCOC(=O)c1cccc(-n2cnc(-c3c(-c4ccccc4)noc3C)c2)c1. The molecule has 0 fully saturated rings. The van der Waals surface area contributed by atoms with Crippen LogP contribution in [-0.4, -0.2) is 27.3 Å². The van der Waals surface area contributed by atoms with Gasteiger partial charge in [-0.1, -0.05) is 41.6 Å². The summed E-state index contributed by atoms with van der Waals surface area (Å²) >= 11 is 0. The predicted molar refractivity (Wildman–Crippen MR) is 105 cm³/mol. The number of imidazole rings is 1. The minimum Gasteiger partial charge on any atom is -0.462 e. The fraction of sp³-hybridized carbons (Fsp3) is 0.136. The maximum Gasteiger partial charge on any atom is 0.338 e. The molecule has 0 atom stereocenters. The topological polar surface area (TPSA) is 70.2 Å². The van der Waals surface area contributed by atoms with Crippen LogP contribution in [0.5, 0.6) is 0 Å². The highest BCUT2D eigenvalue weighted by Crippen LogP contribution is 2.33. The molecule has 2 aromatic heterocycles. The molecule has 6 nitrogen and oxygen atoms in total. The summed E-state index contributed by atoms with van der Waals surface area (Å²) in [6.07, 6.45) is 3.61. The minimum absolute atomic E-state index is 0.341. The molecule has 28 heavy (non-hydrogen) atoms. The molecule has 6 heteroatoms. The average molecular weight is 373 g/mol. The lowest BCUT2D eigenvalue weighted by Crippen LogP contribution is -2.05. The monoisotopic (exact) mass is 373 g/mol. The lowest BCUT2D eigenvalue weighted by molar-refractivity contribution is 0.0526. The van der Waals surface area contributed by atoms with E-state index in [-0.39, 0.29) is 5.97 Å². The van der Waals surface area contributed by atoms with Crippen molar-refractivity contribution in [3.8, 4) is 28.2 Å². The van der Waals surface area contributed by atoms with Crippen molar-refractivity contribution in [3.05, 3.63) is 78.4 Å². The summed E-state index contributed by atoms with van der Waals surface area (Å²) in [6, 6.07) is 17.1. The molecule has 0 saturated carbocycles. The van der Waals surface area contributed by atoms with Crippen molar-refractivity contribution in [1.82, 2.24) is 14.7 Å². The molecule has 0 unspecified atom stereocenters. The summed E-state index contributed by atoms with van der Waals surface area (Å²) in [4.78, 5) is 16.5. The maximum absolute atomic E-state index is 12.0. The van der Waals surface area contributed by atoms with Gasteiger partial charge >= 0.3 is 5.97 Å². The Morgan fingerprint density at radius 3 is 2.75 bits per heavy atom. The van der Waals surface area contributed by atoms with Crippen molar-refractivity contribution < 1.29 is 14.1 Å². The first-order chi connectivity index (χ1) is 13.7. The van der Waals surface area contributed by atoms with Gasteiger partial charge in [0, 0.05) is 17.4 Å². The normalized spacial score (nSPS) is 10.8. The van der Waals surface area contributed by atoms with Crippen LogP contribution in [0.3, 0.4) is 0 Å². The first-order valence-electron chi connectivity index (χ1n) is 9.01. The lowest BCUT2D eigenvalue weighted by atomic mass is 10.0. The largest absolute Gasteiger partial charge is 0.462 e. The summed E-state index contributed by atoms with van der Waals surface area (Å²) < 4.78 is 12.4. The number of benzene rings is 2. The van der Waals surface area contributed by atoms with Crippen molar-refractivity contribution >= 4 is 5.97 Å². The fourth-order valence-corrected chi connectivity index (χ4v) is 3.07. The molecule has 0 amide bonds. The van der Waals surface area contributed by atoms with E-state index in [0.29, 0.717) is 17.9 Å². The van der Waals surface area contributed by atoms with E-state index in [1.165, 1.54) is 0 Å². The Labute approximate surface area is 162 Å². The molecule has 0 aliphatic rings. The third kappa shape index (κ3) is 3.32. The zero-order valence-corrected chi connectivity index (χ0v) is 15.6. The van der Waals surface area contributed by atoms with Crippen LogP contribution in [0.2, 0.25) is 0 Å². The van der Waals surface area contributed by atoms with E-state index in [1.807, 2.05) is 60.2 Å². The number of hydrogen-bond acceptors (Lipinski definition) is 5. The van der Waals surface area contributed by atoms with E-state index in [0.717, 1.165) is 28.2 Å². The zero-order chi connectivity index (χ0) is 19.5. The molecule has 0 saturated heterocycles. The number of carbonyl (C=O) groups excluding carboxylic acids is 1. The number of ether oxygens (including phenoxy) is 1. The van der Waals surface area contributed by atoms with Crippen LogP contribution in [0.25, 0.3) is 28.2 Å². The number of esters is 1. The van der Waals surface area contributed by atoms with Crippen molar-refractivity contribution in [1.29, 1.82) is 0 Å². The molecular weight excluding hydrogens is 354 g/mol. The molecule has 0 radical (unpaired) electrons. The van der Waals surface area contributed by atoms with E-state index in [1.54, 1.807) is 25.4 Å². The van der Waals surface area contributed by atoms with Crippen LogP contribution in [0.15, 0.2) is 71.6 Å². The molecule has 4 aromatic rings. The maximum atomic E-state index is 12.0. The second kappa shape index (κ2) is 7.52. The van der Waals surface area contributed by atoms with E-state index in [2.05, 4.69) is 10.1 Å². The van der Waals surface area contributed by atoms with Crippen molar-refractivity contribution in [2.75, 3.05) is 6.61 Å². The van der Waals surface area contributed by atoms with Gasteiger partial charge in [-0.05, 0) is 32.0 Å². The van der Waals surface area contributed by atoms with Gasteiger partial charge < -0.3 is 13.8 Å². The van der Waals surface area contributed by atoms with Gasteiger partial charge in [0.1, 0.15) is 11.5 Å². The van der Waals surface area contributed by atoms with Crippen LogP contribution in [0, 0.1) is 6.92 Å². The standard InChI is InChI=1S/C22H19N3O3/c1-3-27-22(26)17-10-7-11-18(12-17)25-13-19(23-14-25)20-15(2)28-24-21(20)16-8-5-4-6-9-16/h4-14H,3H2,1-2H3. The number of hydrogen-bond donors (Lipinski definition) is 0. The predicted octanol–water partition coefficient (Wildman–Crippen LogP) is 4.68. The van der Waals surface area contributed by atoms with Crippen LogP contribution in [0.1, 0.15) is 23.0 Å². The number of aryl methyl sites for hydroxylation is 1. The van der Waals surface area contributed by atoms with Gasteiger partial charge in [-0.3, -0.25) is 0 Å². The number of aromatic nitrogens is 3. The van der Waals surface area contributed by atoms with E-state index in [4.69, 9.17) is 9.26 Å². The van der Waals surface area contributed by atoms with Gasteiger partial charge in [0.2, 0.25) is 0 Å². The van der Waals surface area contributed by atoms with Gasteiger partial charge in [0.05, 0.1) is 29.8 Å². The molecule has 2 aromatic carbocycles. The molecule has 0 spiro atoms. The minimum atomic E-state index is -0.342. The Morgan fingerprint density at radius 1 is 1.14 bits per heavy atom. The smallest absolute Gasteiger partial charge is 0.338 e. The Kier molecular flexibility index (Phi) is 4.76. The number of rotatable bonds is 5. The van der Waals surface area contributed by atoms with Crippen LogP contribution in [0.4, 0.5) is 0 Å². The quantitative estimate of drug-likeness (QED) is 0.475. The summed E-state index contributed by atoms with van der Waals surface area (Å²) in [5.74, 6) is 0.357. The Bertz CT molecular complexity index is 1110. The fourth-order valence-electron chi connectivity index (χ4n) is 3.07. The highest BCUT2D eigenvalue weighted by molar-refractivity contribution is 5.90. The van der Waals surface area contributed by atoms with Crippen molar-refractivity contribution in [3.63, 3.8) is 0 Å².